The second-order valence-corrected chi connectivity index (χ2v) is 7.20. The van der Waals surface area contributed by atoms with Crippen molar-refractivity contribution >= 4 is 0 Å². The van der Waals surface area contributed by atoms with E-state index >= 15 is 0 Å². The van der Waals surface area contributed by atoms with Crippen molar-refractivity contribution in [1.29, 1.82) is 0 Å². The van der Waals surface area contributed by atoms with E-state index in [0.29, 0.717) is 19.3 Å². The summed E-state index contributed by atoms with van der Waals surface area (Å²) in [5.41, 5.74) is -0.598. The van der Waals surface area contributed by atoms with Crippen LogP contribution in [0.1, 0.15) is 45.4 Å². The molecule has 0 spiro atoms. The van der Waals surface area contributed by atoms with Gasteiger partial charge in [-0.05, 0) is 52.0 Å². The number of nitrogens with zero attached hydrogens (tertiary/aromatic N) is 1. The molecule has 0 aromatic rings. The molecule has 3 aliphatic rings. The van der Waals surface area contributed by atoms with Crippen molar-refractivity contribution in [1.82, 2.24) is 4.90 Å². The molecular formula is C17H31NO4. The zero-order valence-corrected chi connectivity index (χ0v) is 13.8. The molecule has 0 amide bonds. The van der Waals surface area contributed by atoms with Crippen LogP contribution < -0.4 is 0 Å². The quantitative estimate of drug-likeness (QED) is 0.838. The van der Waals surface area contributed by atoms with Crippen molar-refractivity contribution in [2.45, 2.75) is 63.4 Å². The molecule has 0 radical (unpaired) electrons. The van der Waals surface area contributed by atoms with Gasteiger partial charge >= 0.3 is 0 Å². The summed E-state index contributed by atoms with van der Waals surface area (Å²) in [6, 6.07) is 0.422. The van der Waals surface area contributed by atoms with Gasteiger partial charge in [-0.1, -0.05) is 0 Å². The highest BCUT2D eigenvalue weighted by molar-refractivity contribution is 4.96. The molecule has 4 unspecified atom stereocenters. The minimum atomic E-state index is -0.598. The predicted octanol–water partition coefficient (Wildman–Crippen LogP) is 1.78. The maximum Gasteiger partial charge on any atom is 0.157 e. The smallest absolute Gasteiger partial charge is 0.157 e. The van der Waals surface area contributed by atoms with Crippen molar-refractivity contribution < 1.29 is 19.3 Å². The first kappa shape index (κ1) is 16.7. The number of ether oxygens (including phenoxy) is 3. The lowest BCUT2D eigenvalue weighted by molar-refractivity contribution is -0.167. The number of rotatable bonds is 5. The average Bonchev–Trinajstić information content (AvgIpc) is 2.96. The summed E-state index contributed by atoms with van der Waals surface area (Å²) in [5, 5.41) is 10.7. The number of hydrogen-bond donors (Lipinski definition) is 1. The third kappa shape index (κ3) is 4.01. The highest BCUT2D eigenvalue weighted by atomic mass is 16.7. The maximum absolute atomic E-state index is 10.7. The fourth-order valence-corrected chi connectivity index (χ4v) is 4.11. The summed E-state index contributed by atoms with van der Waals surface area (Å²) >= 11 is 0. The fraction of sp³-hybridized carbons (Fsp3) is 1.00. The lowest BCUT2D eigenvalue weighted by atomic mass is 9.79. The van der Waals surface area contributed by atoms with E-state index in [2.05, 4.69) is 4.90 Å². The molecule has 128 valence electrons. The van der Waals surface area contributed by atoms with Gasteiger partial charge in [0, 0.05) is 31.7 Å². The monoisotopic (exact) mass is 313 g/mol. The standard InChI is InChI=1S/C17H31NO4/c1-17(19)7-11-20-13-14(17)15-5-4-8-18(15)9-12-22-16-6-2-3-10-21-16/h14-16,19H,2-13H2,1H3. The van der Waals surface area contributed by atoms with Crippen LogP contribution in [0.2, 0.25) is 0 Å². The molecule has 3 saturated heterocycles. The molecule has 5 nitrogen and oxygen atoms in total. The average molecular weight is 313 g/mol. The van der Waals surface area contributed by atoms with Crippen LogP contribution in [0.4, 0.5) is 0 Å². The summed E-state index contributed by atoms with van der Waals surface area (Å²) in [4.78, 5) is 2.48. The van der Waals surface area contributed by atoms with Crippen LogP contribution in [0.5, 0.6) is 0 Å². The van der Waals surface area contributed by atoms with E-state index < -0.39 is 5.60 Å². The number of likely N-dealkylation sites (tertiary alicyclic amines) is 1. The highest BCUT2D eigenvalue weighted by Crippen LogP contribution is 2.35. The Morgan fingerprint density at radius 1 is 1.23 bits per heavy atom. The van der Waals surface area contributed by atoms with Gasteiger partial charge in [-0.2, -0.15) is 0 Å². The normalized spacial score (nSPS) is 40.9. The van der Waals surface area contributed by atoms with Crippen LogP contribution in [-0.4, -0.2) is 67.5 Å². The van der Waals surface area contributed by atoms with Gasteiger partial charge in [0.2, 0.25) is 0 Å². The Hall–Kier alpha value is -0.200. The van der Waals surface area contributed by atoms with E-state index in [1.165, 1.54) is 12.8 Å². The zero-order chi connectivity index (χ0) is 15.4. The summed E-state index contributed by atoms with van der Waals surface area (Å²) in [6.07, 6.45) is 6.49. The van der Waals surface area contributed by atoms with Gasteiger partial charge in [0.25, 0.3) is 0 Å². The molecule has 5 heteroatoms. The van der Waals surface area contributed by atoms with E-state index in [-0.39, 0.29) is 12.2 Å². The number of hydrogen-bond acceptors (Lipinski definition) is 5. The van der Waals surface area contributed by atoms with E-state index in [4.69, 9.17) is 14.2 Å². The Morgan fingerprint density at radius 2 is 2.14 bits per heavy atom. The maximum atomic E-state index is 10.7. The van der Waals surface area contributed by atoms with Crippen LogP contribution in [0.15, 0.2) is 0 Å². The van der Waals surface area contributed by atoms with Crippen LogP contribution in [0.3, 0.4) is 0 Å². The van der Waals surface area contributed by atoms with E-state index in [1.54, 1.807) is 0 Å². The van der Waals surface area contributed by atoms with Crippen molar-refractivity contribution in [3.8, 4) is 0 Å². The van der Waals surface area contributed by atoms with Crippen molar-refractivity contribution in [2.24, 2.45) is 5.92 Å². The molecule has 0 aliphatic carbocycles. The molecule has 3 heterocycles. The number of aliphatic hydroxyl groups is 1. The van der Waals surface area contributed by atoms with Gasteiger partial charge < -0.3 is 19.3 Å². The Morgan fingerprint density at radius 3 is 2.91 bits per heavy atom. The lowest BCUT2D eigenvalue weighted by Gasteiger charge is -2.43. The van der Waals surface area contributed by atoms with Gasteiger partial charge in [-0.25, -0.2) is 0 Å². The largest absolute Gasteiger partial charge is 0.390 e. The second-order valence-electron chi connectivity index (χ2n) is 7.20. The molecule has 0 saturated carbocycles. The van der Waals surface area contributed by atoms with Crippen LogP contribution in [0, 0.1) is 5.92 Å². The van der Waals surface area contributed by atoms with Crippen LogP contribution in [-0.2, 0) is 14.2 Å². The summed E-state index contributed by atoms with van der Waals surface area (Å²) in [7, 11) is 0. The summed E-state index contributed by atoms with van der Waals surface area (Å²) < 4.78 is 17.1. The van der Waals surface area contributed by atoms with Crippen molar-refractivity contribution in [2.75, 3.05) is 39.5 Å². The third-order valence-electron chi connectivity index (χ3n) is 5.55. The minimum Gasteiger partial charge on any atom is -0.390 e. The lowest BCUT2D eigenvalue weighted by Crippen LogP contribution is -2.53. The summed E-state index contributed by atoms with van der Waals surface area (Å²) in [5.74, 6) is 0.217. The zero-order valence-electron chi connectivity index (χ0n) is 13.8. The molecule has 1 N–H and O–H groups in total. The molecule has 3 rings (SSSR count). The van der Waals surface area contributed by atoms with Crippen molar-refractivity contribution in [3.63, 3.8) is 0 Å². The Balaban J connectivity index is 1.47. The Kier molecular flexibility index (Phi) is 5.74. The first-order valence-electron chi connectivity index (χ1n) is 8.94. The van der Waals surface area contributed by atoms with Gasteiger partial charge in [-0.15, -0.1) is 0 Å². The first-order valence-corrected chi connectivity index (χ1v) is 8.94. The van der Waals surface area contributed by atoms with Crippen LogP contribution >= 0.6 is 0 Å². The topological polar surface area (TPSA) is 51.2 Å². The fourth-order valence-electron chi connectivity index (χ4n) is 4.11. The van der Waals surface area contributed by atoms with E-state index in [0.717, 1.165) is 52.0 Å². The minimum absolute atomic E-state index is 0.00377. The van der Waals surface area contributed by atoms with Gasteiger partial charge in [0.1, 0.15) is 0 Å². The predicted molar refractivity (Wildman–Crippen MR) is 83.7 cm³/mol. The van der Waals surface area contributed by atoms with Crippen LogP contribution in [0.25, 0.3) is 0 Å². The SMILES string of the molecule is CC1(O)CCOCC1C1CCCN1CCOC1CCCCO1. The van der Waals surface area contributed by atoms with E-state index in [1.807, 2.05) is 6.92 Å². The summed E-state index contributed by atoms with van der Waals surface area (Å²) in [6.45, 7) is 6.92. The van der Waals surface area contributed by atoms with Crippen molar-refractivity contribution in [3.05, 3.63) is 0 Å². The van der Waals surface area contributed by atoms with Gasteiger partial charge in [0.15, 0.2) is 6.29 Å². The Labute approximate surface area is 133 Å². The molecule has 0 bridgehead atoms. The van der Waals surface area contributed by atoms with Gasteiger partial charge in [-0.3, -0.25) is 4.90 Å². The molecule has 0 aromatic heterocycles. The Bertz CT molecular complexity index is 344. The molecule has 22 heavy (non-hydrogen) atoms. The molecule has 3 aliphatic heterocycles. The molecule has 0 aromatic carbocycles. The molecular weight excluding hydrogens is 282 g/mol. The van der Waals surface area contributed by atoms with Gasteiger partial charge in [0.05, 0.1) is 18.8 Å². The highest BCUT2D eigenvalue weighted by Gasteiger charge is 2.43. The molecule has 4 atom stereocenters. The third-order valence-corrected chi connectivity index (χ3v) is 5.55. The van der Waals surface area contributed by atoms with E-state index in [9.17, 15) is 5.11 Å². The second kappa shape index (κ2) is 7.58. The first-order chi connectivity index (χ1) is 10.7. The molecule has 3 fully saturated rings.